The molecule has 1 nitrogen and oxygen atoms in total. The molecule has 1 N–H and O–H groups in total. The van der Waals surface area contributed by atoms with Crippen LogP contribution in [0.3, 0.4) is 0 Å². The maximum absolute atomic E-state index is 4.10. The molecule has 0 saturated heterocycles. The zero-order valence-corrected chi connectivity index (χ0v) is 11.6. The Morgan fingerprint density at radius 3 is 2.35 bits per heavy atom. The summed E-state index contributed by atoms with van der Waals surface area (Å²) in [5.41, 5.74) is 3.45. The van der Waals surface area contributed by atoms with Crippen LogP contribution in [-0.2, 0) is 0 Å². The Morgan fingerprint density at radius 1 is 1.00 bits per heavy atom. The van der Waals surface area contributed by atoms with Crippen LogP contribution in [0, 0.1) is 3.57 Å². The minimum atomic E-state index is 0.768. The molecule has 0 aromatic heterocycles. The van der Waals surface area contributed by atoms with Crippen LogP contribution >= 0.6 is 22.6 Å². The van der Waals surface area contributed by atoms with Gasteiger partial charge in [-0.2, -0.15) is 0 Å². The van der Waals surface area contributed by atoms with Crippen molar-refractivity contribution in [1.82, 2.24) is 0 Å². The van der Waals surface area contributed by atoms with Gasteiger partial charge in [0, 0.05) is 15.8 Å². The van der Waals surface area contributed by atoms with Crippen molar-refractivity contribution in [2.24, 2.45) is 0 Å². The third-order valence-electron chi connectivity index (χ3n) is 2.55. The smallest absolute Gasteiger partial charge is 0.0478 e. The van der Waals surface area contributed by atoms with Crippen LogP contribution < -0.4 is 5.32 Å². The first kappa shape index (κ1) is 12.2. The molecule has 17 heavy (non-hydrogen) atoms. The van der Waals surface area contributed by atoms with E-state index in [0.717, 1.165) is 17.8 Å². The molecule has 0 fully saturated rings. The monoisotopic (exact) mass is 335 g/mol. The van der Waals surface area contributed by atoms with Gasteiger partial charge in [-0.3, -0.25) is 0 Å². The molecule has 2 aromatic carbocycles. The fourth-order valence-corrected chi connectivity index (χ4v) is 2.16. The highest BCUT2D eigenvalue weighted by molar-refractivity contribution is 14.1. The maximum atomic E-state index is 4.10. The highest BCUT2D eigenvalue weighted by atomic mass is 127. The van der Waals surface area contributed by atoms with Gasteiger partial charge in [0.15, 0.2) is 0 Å². The van der Waals surface area contributed by atoms with Gasteiger partial charge in [0.2, 0.25) is 0 Å². The van der Waals surface area contributed by atoms with E-state index >= 15 is 0 Å². The van der Waals surface area contributed by atoms with Crippen molar-refractivity contribution < 1.29 is 0 Å². The average Bonchev–Trinajstić information content (AvgIpc) is 2.38. The first-order chi connectivity index (χ1) is 8.27. The van der Waals surface area contributed by atoms with Crippen molar-refractivity contribution in [3.63, 3.8) is 0 Å². The van der Waals surface area contributed by atoms with Crippen LogP contribution in [0.4, 0.5) is 5.69 Å². The Bertz CT molecular complexity index is 505. The summed E-state index contributed by atoms with van der Waals surface area (Å²) in [6.07, 6.45) is 0. The minimum absolute atomic E-state index is 0.768. The Balaban J connectivity index is 2.00. The molecule has 0 unspecified atom stereocenters. The van der Waals surface area contributed by atoms with Crippen LogP contribution in [0.15, 0.2) is 61.2 Å². The van der Waals surface area contributed by atoms with E-state index in [-0.39, 0.29) is 0 Å². The summed E-state index contributed by atoms with van der Waals surface area (Å²) in [6, 6.07) is 18.5. The van der Waals surface area contributed by atoms with Crippen molar-refractivity contribution in [3.05, 3.63) is 70.3 Å². The van der Waals surface area contributed by atoms with Crippen molar-refractivity contribution in [2.75, 3.05) is 11.9 Å². The van der Waals surface area contributed by atoms with Crippen LogP contribution in [0.5, 0.6) is 0 Å². The van der Waals surface area contributed by atoms with Crippen LogP contribution in [-0.4, -0.2) is 6.54 Å². The number of benzene rings is 2. The first-order valence-electron chi connectivity index (χ1n) is 5.49. The summed E-state index contributed by atoms with van der Waals surface area (Å²) in [4.78, 5) is 0. The van der Waals surface area contributed by atoms with E-state index in [2.05, 4.69) is 58.8 Å². The van der Waals surface area contributed by atoms with E-state index in [9.17, 15) is 0 Å². The summed E-state index contributed by atoms with van der Waals surface area (Å²) in [6.45, 7) is 4.87. The number of halogens is 1. The zero-order chi connectivity index (χ0) is 12.1. The van der Waals surface area contributed by atoms with Crippen molar-refractivity contribution in [1.29, 1.82) is 0 Å². The molecule has 2 rings (SSSR count). The zero-order valence-electron chi connectivity index (χ0n) is 9.49. The highest BCUT2D eigenvalue weighted by Crippen LogP contribution is 2.19. The van der Waals surface area contributed by atoms with E-state index in [0.29, 0.717) is 0 Å². The predicted molar refractivity (Wildman–Crippen MR) is 83.1 cm³/mol. The number of nitrogens with one attached hydrogen (secondary N) is 1. The van der Waals surface area contributed by atoms with Gasteiger partial charge >= 0.3 is 0 Å². The van der Waals surface area contributed by atoms with Crippen LogP contribution in [0.25, 0.3) is 5.57 Å². The van der Waals surface area contributed by atoms with Gasteiger partial charge < -0.3 is 5.32 Å². The Labute approximate surface area is 116 Å². The normalized spacial score (nSPS) is 9.94. The van der Waals surface area contributed by atoms with Gasteiger partial charge in [-0.15, -0.1) is 0 Å². The van der Waals surface area contributed by atoms with E-state index in [1.165, 1.54) is 9.13 Å². The fraction of sp³-hybridized carbons (Fsp3) is 0.0667. The average molecular weight is 335 g/mol. The number of anilines is 1. The lowest BCUT2D eigenvalue weighted by Crippen LogP contribution is -2.04. The minimum Gasteiger partial charge on any atom is -0.380 e. The summed E-state index contributed by atoms with van der Waals surface area (Å²) in [7, 11) is 0. The highest BCUT2D eigenvalue weighted by Gasteiger charge is 2.00. The van der Waals surface area contributed by atoms with Gasteiger partial charge in [0.1, 0.15) is 0 Å². The topological polar surface area (TPSA) is 12.0 Å². The van der Waals surface area contributed by atoms with Gasteiger partial charge in [-0.25, -0.2) is 0 Å². The molecule has 0 saturated carbocycles. The second-order valence-corrected chi connectivity index (χ2v) is 4.97. The molecule has 0 aliphatic heterocycles. The summed E-state index contributed by atoms with van der Waals surface area (Å²) in [5, 5.41) is 3.40. The first-order valence-corrected chi connectivity index (χ1v) is 6.57. The summed E-state index contributed by atoms with van der Waals surface area (Å²) >= 11 is 2.33. The van der Waals surface area contributed by atoms with Gasteiger partial charge in [-0.1, -0.05) is 49.0 Å². The van der Waals surface area contributed by atoms with Crippen molar-refractivity contribution in [3.8, 4) is 0 Å². The molecule has 0 aliphatic carbocycles. The molecule has 2 aromatic rings. The molecule has 0 spiro atoms. The Morgan fingerprint density at radius 2 is 1.65 bits per heavy atom. The Kier molecular flexibility index (Phi) is 4.20. The van der Waals surface area contributed by atoms with Gasteiger partial charge in [-0.05, 0) is 45.9 Å². The second kappa shape index (κ2) is 5.87. The number of hydrogen-bond donors (Lipinski definition) is 1. The lowest BCUT2D eigenvalue weighted by Gasteiger charge is -2.10. The number of hydrogen-bond acceptors (Lipinski definition) is 1. The molecule has 0 radical (unpaired) electrons. The van der Waals surface area contributed by atoms with E-state index in [4.69, 9.17) is 0 Å². The van der Waals surface area contributed by atoms with Crippen LogP contribution in [0.2, 0.25) is 0 Å². The third kappa shape index (κ3) is 3.33. The van der Waals surface area contributed by atoms with Crippen LogP contribution in [0.1, 0.15) is 5.56 Å². The Hall–Kier alpha value is -1.29. The molecular formula is C15H14IN. The van der Waals surface area contributed by atoms with Crippen molar-refractivity contribution >= 4 is 33.9 Å². The molecule has 0 heterocycles. The second-order valence-electron chi connectivity index (χ2n) is 3.80. The molecule has 86 valence electrons. The SMILES string of the molecule is C=C(CNc1ccccc1I)c1ccccc1. The fourth-order valence-electron chi connectivity index (χ4n) is 1.58. The van der Waals surface area contributed by atoms with E-state index < -0.39 is 0 Å². The molecule has 2 heteroatoms. The molecular weight excluding hydrogens is 321 g/mol. The standard InChI is InChI=1S/C15H14IN/c1-12(13-7-3-2-4-8-13)11-17-15-10-6-5-9-14(15)16/h2-10,17H,1,11H2. The maximum Gasteiger partial charge on any atom is 0.0478 e. The van der Waals surface area contributed by atoms with E-state index in [1.807, 2.05) is 30.3 Å². The lowest BCUT2D eigenvalue weighted by atomic mass is 10.1. The lowest BCUT2D eigenvalue weighted by molar-refractivity contribution is 1.33. The van der Waals surface area contributed by atoms with E-state index in [1.54, 1.807) is 0 Å². The summed E-state index contributed by atoms with van der Waals surface area (Å²) < 4.78 is 1.23. The third-order valence-corrected chi connectivity index (χ3v) is 3.49. The number of para-hydroxylation sites is 1. The molecule has 0 amide bonds. The quantitative estimate of drug-likeness (QED) is 0.816. The predicted octanol–water partition coefficient (Wildman–Crippen LogP) is 4.42. The largest absolute Gasteiger partial charge is 0.380 e. The van der Waals surface area contributed by atoms with Gasteiger partial charge in [0.25, 0.3) is 0 Å². The molecule has 0 atom stereocenters. The number of rotatable bonds is 4. The van der Waals surface area contributed by atoms with Gasteiger partial charge in [0.05, 0.1) is 0 Å². The molecule has 0 bridgehead atoms. The summed E-state index contributed by atoms with van der Waals surface area (Å²) in [5.74, 6) is 0. The van der Waals surface area contributed by atoms with Crippen molar-refractivity contribution in [2.45, 2.75) is 0 Å². The molecule has 0 aliphatic rings.